The van der Waals surface area contributed by atoms with Gasteiger partial charge in [-0.25, -0.2) is 0 Å². The van der Waals surface area contributed by atoms with Crippen molar-refractivity contribution in [2.75, 3.05) is 6.54 Å². The van der Waals surface area contributed by atoms with Crippen molar-refractivity contribution in [3.63, 3.8) is 0 Å². The third-order valence-electron chi connectivity index (χ3n) is 3.86. The van der Waals surface area contributed by atoms with Crippen LogP contribution in [0.3, 0.4) is 0 Å². The Morgan fingerprint density at radius 3 is 1.95 bits per heavy atom. The molecule has 0 spiro atoms. The minimum Gasteiger partial charge on any atom is -0.409 e. The lowest BCUT2D eigenvalue weighted by molar-refractivity contribution is 0.198. The smallest absolute Gasteiger partial charge is 0.192 e. The number of halogens is 2. The lowest BCUT2D eigenvalue weighted by Gasteiger charge is -2.33. The summed E-state index contributed by atoms with van der Waals surface area (Å²) in [5.74, 6) is 0. The SMILES string of the molecule is CC[Si](CC)(CC)OC(CN)c1c(Cl)cccc1Cl. The number of nitrogens with two attached hydrogens (primary N) is 1. The summed E-state index contributed by atoms with van der Waals surface area (Å²) in [5.41, 5.74) is 6.73. The van der Waals surface area contributed by atoms with Crippen molar-refractivity contribution in [1.82, 2.24) is 0 Å². The molecule has 1 rings (SSSR count). The molecule has 5 heteroatoms. The van der Waals surface area contributed by atoms with Gasteiger partial charge in [-0.15, -0.1) is 0 Å². The van der Waals surface area contributed by atoms with Crippen molar-refractivity contribution < 1.29 is 4.43 Å². The van der Waals surface area contributed by atoms with E-state index in [-0.39, 0.29) is 6.10 Å². The molecule has 19 heavy (non-hydrogen) atoms. The lowest BCUT2D eigenvalue weighted by Crippen LogP contribution is -2.39. The highest BCUT2D eigenvalue weighted by Crippen LogP contribution is 2.36. The summed E-state index contributed by atoms with van der Waals surface area (Å²) >= 11 is 12.5. The van der Waals surface area contributed by atoms with Crippen LogP contribution < -0.4 is 5.73 Å². The van der Waals surface area contributed by atoms with E-state index in [0.29, 0.717) is 16.6 Å². The second kappa shape index (κ2) is 7.65. The number of benzene rings is 1. The molecule has 1 aromatic rings. The molecular weight excluding hydrogens is 297 g/mol. The monoisotopic (exact) mass is 319 g/mol. The molecule has 0 saturated heterocycles. The van der Waals surface area contributed by atoms with E-state index in [1.54, 1.807) is 0 Å². The molecule has 0 heterocycles. The van der Waals surface area contributed by atoms with E-state index in [9.17, 15) is 0 Å². The van der Waals surface area contributed by atoms with Crippen molar-refractivity contribution in [2.24, 2.45) is 5.73 Å². The second-order valence-electron chi connectivity index (χ2n) is 4.72. The zero-order valence-corrected chi connectivity index (χ0v) is 14.4. The Balaban J connectivity index is 3.07. The van der Waals surface area contributed by atoms with Crippen LogP contribution in [0.15, 0.2) is 18.2 Å². The van der Waals surface area contributed by atoms with E-state index in [4.69, 9.17) is 33.4 Å². The molecule has 108 valence electrons. The Hall–Kier alpha value is -0.0631. The minimum atomic E-state index is -1.73. The molecule has 0 aliphatic heterocycles. The summed E-state index contributed by atoms with van der Waals surface area (Å²) in [5, 5.41) is 1.27. The summed E-state index contributed by atoms with van der Waals surface area (Å²) in [4.78, 5) is 0. The molecule has 1 atom stereocenters. The van der Waals surface area contributed by atoms with Gasteiger partial charge in [0, 0.05) is 22.2 Å². The van der Waals surface area contributed by atoms with Crippen LogP contribution in [0.4, 0.5) is 0 Å². The van der Waals surface area contributed by atoms with Gasteiger partial charge in [0.1, 0.15) is 0 Å². The predicted octanol–water partition coefficient (Wildman–Crippen LogP) is 5.02. The van der Waals surface area contributed by atoms with Crippen LogP contribution in [-0.4, -0.2) is 14.9 Å². The van der Waals surface area contributed by atoms with Crippen LogP contribution in [0.2, 0.25) is 28.2 Å². The predicted molar refractivity (Wildman–Crippen MR) is 86.5 cm³/mol. The average molecular weight is 320 g/mol. The molecule has 0 aromatic heterocycles. The zero-order chi connectivity index (χ0) is 14.5. The van der Waals surface area contributed by atoms with Gasteiger partial charge in [0.15, 0.2) is 8.32 Å². The third-order valence-corrected chi connectivity index (χ3v) is 9.17. The minimum absolute atomic E-state index is 0.201. The molecular formula is C14H23Cl2NOSi. The summed E-state index contributed by atoms with van der Waals surface area (Å²) in [7, 11) is -1.73. The molecule has 0 aliphatic carbocycles. The summed E-state index contributed by atoms with van der Waals surface area (Å²) in [6.07, 6.45) is -0.201. The standard InChI is InChI=1S/C14H23Cl2NOSi/c1-4-19(5-2,6-3)18-13(10-17)14-11(15)8-7-9-12(14)16/h7-9,13H,4-6,10,17H2,1-3H3. The van der Waals surface area contributed by atoms with E-state index in [1.165, 1.54) is 0 Å². The van der Waals surface area contributed by atoms with E-state index in [2.05, 4.69) is 20.8 Å². The van der Waals surface area contributed by atoms with E-state index in [0.717, 1.165) is 23.7 Å². The Morgan fingerprint density at radius 2 is 1.58 bits per heavy atom. The van der Waals surface area contributed by atoms with E-state index >= 15 is 0 Å². The highest BCUT2D eigenvalue weighted by molar-refractivity contribution is 6.73. The van der Waals surface area contributed by atoms with Gasteiger partial charge in [0.05, 0.1) is 6.10 Å². The maximum absolute atomic E-state index is 6.43. The largest absolute Gasteiger partial charge is 0.409 e. The summed E-state index contributed by atoms with van der Waals surface area (Å²) in [6, 6.07) is 8.76. The fourth-order valence-electron chi connectivity index (χ4n) is 2.34. The van der Waals surface area contributed by atoms with Gasteiger partial charge in [-0.05, 0) is 30.3 Å². The van der Waals surface area contributed by atoms with Gasteiger partial charge < -0.3 is 10.2 Å². The van der Waals surface area contributed by atoms with Crippen LogP contribution in [0.25, 0.3) is 0 Å². The fourth-order valence-corrected chi connectivity index (χ4v) is 5.80. The van der Waals surface area contributed by atoms with Gasteiger partial charge in [0.2, 0.25) is 0 Å². The Labute approximate surface area is 127 Å². The molecule has 1 unspecified atom stereocenters. The normalized spacial score (nSPS) is 13.6. The summed E-state index contributed by atoms with van der Waals surface area (Å²) in [6.45, 7) is 6.99. The van der Waals surface area contributed by atoms with Crippen LogP contribution >= 0.6 is 23.2 Å². The molecule has 2 N–H and O–H groups in total. The third kappa shape index (κ3) is 3.96. The first kappa shape index (κ1) is 17.0. The maximum Gasteiger partial charge on any atom is 0.192 e. The van der Waals surface area contributed by atoms with Crippen LogP contribution in [0.1, 0.15) is 32.4 Å². The summed E-state index contributed by atoms with van der Waals surface area (Å²) < 4.78 is 6.43. The number of hydrogen-bond acceptors (Lipinski definition) is 2. The first-order valence-electron chi connectivity index (χ1n) is 6.85. The quantitative estimate of drug-likeness (QED) is 0.716. The molecule has 2 nitrogen and oxygen atoms in total. The fraction of sp³-hybridized carbons (Fsp3) is 0.571. The van der Waals surface area contributed by atoms with Gasteiger partial charge in [-0.3, -0.25) is 0 Å². The Morgan fingerprint density at radius 1 is 1.11 bits per heavy atom. The molecule has 1 aromatic carbocycles. The number of hydrogen-bond donors (Lipinski definition) is 1. The van der Waals surface area contributed by atoms with Gasteiger partial charge in [-0.1, -0.05) is 50.0 Å². The van der Waals surface area contributed by atoms with Crippen LogP contribution in [0, 0.1) is 0 Å². The van der Waals surface area contributed by atoms with Gasteiger partial charge in [0.25, 0.3) is 0 Å². The number of rotatable bonds is 7. The van der Waals surface area contributed by atoms with Crippen LogP contribution in [0.5, 0.6) is 0 Å². The maximum atomic E-state index is 6.43. The lowest BCUT2D eigenvalue weighted by atomic mass is 10.1. The molecule has 0 amide bonds. The molecule has 0 saturated carbocycles. The van der Waals surface area contributed by atoms with Crippen molar-refractivity contribution in [1.29, 1.82) is 0 Å². The van der Waals surface area contributed by atoms with Gasteiger partial charge in [-0.2, -0.15) is 0 Å². The van der Waals surface area contributed by atoms with E-state index in [1.807, 2.05) is 18.2 Å². The highest BCUT2D eigenvalue weighted by Gasteiger charge is 2.33. The van der Waals surface area contributed by atoms with Gasteiger partial charge >= 0.3 is 0 Å². The van der Waals surface area contributed by atoms with Crippen molar-refractivity contribution in [2.45, 2.75) is 45.0 Å². The van der Waals surface area contributed by atoms with Crippen LogP contribution in [-0.2, 0) is 4.43 Å². The van der Waals surface area contributed by atoms with Crippen molar-refractivity contribution >= 4 is 31.5 Å². The molecule has 0 bridgehead atoms. The average Bonchev–Trinajstić information content (AvgIpc) is 2.43. The zero-order valence-electron chi connectivity index (χ0n) is 11.9. The second-order valence-corrected chi connectivity index (χ2v) is 10.3. The molecule has 0 fully saturated rings. The Kier molecular flexibility index (Phi) is 6.84. The molecule has 0 radical (unpaired) electrons. The Bertz CT molecular complexity index is 382. The molecule has 0 aliphatic rings. The van der Waals surface area contributed by atoms with Crippen molar-refractivity contribution in [3.05, 3.63) is 33.8 Å². The first-order valence-corrected chi connectivity index (χ1v) is 10.1. The van der Waals surface area contributed by atoms with E-state index < -0.39 is 8.32 Å². The topological polar surface area (TPSA) is 35.2 Å². The van der Waals surface area contributed by atoms with Crippen molar-refractivity contribution in [3.8, 4) is 0 Å². The highest BCUT2D eigenvalue weighted by atomic mass is 35.5. The first-order chi connectivity index (χ1) is 9.03.